The van der Waals surface area contributed by atoms with Crippen molar-refractivity contribution in [3.05, 3.63) is 30.4 Å². The highest BCUT2D eigenvalue weighted by Crippen LogP contribution is 2.32. The Bertz CT molecular complexity index is 758. The van der Waals surface area contributed by atoms with Gasteiger partial charge in [-0.25, -0.2) is 9.97 Å². The number of hydrogen-bond donors (Lipinski definition) is 3. The number of fused-ring (bicyclic) bond motifs is 1. The molecule has 3 aromatic heterocycles. The zero-order valence-electron chi connectivity index (χ0n) is 10.1. The summed E-state index contributed by atoms with van der Waals surface area (Å²) in [4.78, 5) is 22.4. The number of rotatable bonds is 3. The number of amides is 1. The standard InChI is InChI=1S/C12H11N5O2/c1-14-9-6-2-3-15-11(6)16-4-7(9)12-17-8(5-19-12)10(13)18/h2-5H,1H3,(H2,13,18)(H2,14,15,16). The summed E-state index contributed by atoms with van der Waals surface area (Å²) >= 11 is 0. The molecule has 96 valence electrons. The number of primary amides is 1. The van der Waals surface area contributed by atoms with Crippen LogP contribution in [0, 0.1) is 0 Å². The Kier molecular flexibility index (Phi) is 2.45. The average Bonchev–Trinajstić information content (AvgIpc) is 3.05. The van der Waals surface area contributed by atoms with Crippen LogP contribution >= 0.6 is 0 Å². The van der Waals surface area contributed by atoms with Crippen molar-refractivity contribution in [2.45, 2.75) is 0 Å². The minimum absolute atomic E-state index is 0.0891. The van der Waals surface area contributed by atoms with E-state index in [0.29, 0.717) is 11.5 Å². The molecule has 0 unspecified atom stereocenters. The topological polar surface area (TPSA) is 110 Å². The van der Waals surface area contributed by atoms with Gasteiger partial charge in [-0.1, -0.05) is 0 Å². The molecule has 7 nitrogen and oxygen atoms in total. The van der Waals surface area contributed by atoms with Crippen LogP contribution in [0.4, 0.5) is 5.69 Å². The molecule has 0 bridgehead atoms. The Balaban J connectivity index is 2.20. The van der Waals surface area contributed by atoms with Crippen molar-refractivity contribution >= 4 is 22.6 Å². The summed E-state index contributed by atoms with van der Waals surface area (Å²) in [6.07, 6.45) is 4.66. The number of H-pyrrole nitrogens is 1. The number of carbonyl (C=O) groups is 1. The van der Waals surface area contributed by atoms with Crippen molar-refractivity contribution in [1.29, 1.82) is 0 Å². The molecule has 0 radical (unpaired) electrons. The summed E-state index contributed by atoms with van der Waals surface area (Å²) in [5.74, 6) is -0.328. The summed E-state index contributed by atoms with van der Waals surface area (Å²) < 4.78 is 5.28. The molecule has 0 aromatic carbocycles. The number of pyridine rings is 1. The van der Waals surface area contributed by atoms with Gasteiger partial charge in [-0.2, -0.15) is 0 Å². The maximum atomic E-state index is 11.0. The summed E-state index contributed by atoms with van der Waals surface area (Å²) in [6.45, 7) is 0. The second-order valence-electron chi connectivity index (χ2n) is 3.94. The number of carbonyl (C=O) groups excluding carboxylic acids is 1. The SMILES string of the molecule is CNc1c(-c2nc(C(N)=O)co2)cnc2[nH]ccc12. The van der Waals surface area contributed by atoms with Crippen LogP contribution in [0.25, 0.3) is 22.5 Å². The fraction of sp³-hybridized carbons (Fsp3) is 0.0833. The fourth-order valence-electron chi connectivity index (χ4n) is 1.95. The van der Waals surface area contributed by atoms with E-state index in [1.54, 1.807) is 19.4 Å². The molecule has 0 aliphatic heterocycles. The lowest BCUT2D eigenvalue weighted by Crippen LogP contribution is -2.11. The van der Waals surface area contributed by atoms with E-state index in [0.717, 1.165) is 16.7 Å². The Morgan fingerprint density at radius 2 is 2.37 bits per heavy atom. The molecule has 1 amide bonds. The minimum atomic E-state index is -0.628. The summed E-state index contributed by atoms with van der Waals surface area (Å²) in [5.41, 5.74) is 7.49. The first-order chi connectivity index (χ1) is 9.20. The first kappa shape index (κ1) is 11.3. The maximum Gasteiger partial charge on any atom is 0.270 e. The fourth-order valence-corrected chi connectivity index (χ4v) is 1.95. The number of aromatic nitrogens is 3. The highest BCUT2D eigenvalue weighted by Gasteiger charge is 2.16. The Morgan fingerprint density at radius 1 is 1.53 bits per heavy atom. The van der Waals surface area contributed by atoms with Gasteiger partial charge in [-0.05, 0) is 6.07 Å². The average molecular weight is 257 g/mol. The van der Waals surface area contributed by atoms with Crippen molar-refractivity contribution < 1.29 is 9.21 Å². The lowest BCUT2D eigenvalue weighted by Gasteiger charge is -2.06. The molecular formula is C12H11N5O2. The van der Waals surface area contributed by atoms with Crippen LogP contribution in [0.1, 0.15) is 10.5 Å². The lowest BCUT2D eigenvalue weighted by atomic mass is 10.2. The van der Waals surface area contributed by atoms with E-state index in [1.165, 1.54) is 6.26 Å². The van der Waals surface area contributed by atoms with Crippen LogP contribution in [-0.2, 0) is 0 Å². The molecule has 3 heterocycles. The van der Waals surface area contributed by atoms with Gasteiger partial charge in [-0.3, -0.25) is 4.79 Å². The van der Waals surface area contributed by atoms with Crippen LogP contribution in [0.5, 0.6) is 0 Å². The zero-order valence-corrected chi connectivity index (χ0v) is 10.1. The quantitative estimate of drug-likeness (QED) is 0.656. The number of anilines is 1. The number of nitrogens with zero attached hydrogens (tertiary/aromatic N) is 2. The molecule has 0 aliphatic carbocycles. The summed E-state index contributed by atoms with van der Waals surface area (Å²) in [5, 5.41) is 4.00. The number of hydrogen-bond acceptors (Lipinski definition) is 5. The predicted octanol–water partition coefficient (Wildman–Crippen LogP) is 1.36. The Hall–Kier alpha value is -2.83. The Morgan fingerprint density at radius 3 is 3.05 bits per heavy atom. The van der Waals surface area contributed by atoms with Gasteiger partial charge in [0.25, 0.3) is 5.91 Å². The third kappa shape index (κ3) is 1.71. The molecule has 3 rings (SSSR count). The molecular weight excluding hydrogens is 246 g/mol. The smallest absolute Gasteiger partial charge is 0.270 e. The highest BCUT2D eigenvalue weighted by atomic mass is 16.3. The van der Waals surface area contributed by atoms with E-state index in [-0.39, 0.29) is 5.69 Å². The Labute approximate surface area is 107 Å². The first-order valence-electron chi connectivity index (χ1n) is 5.60. The van der Waals surface area contributed by atoms with Crippen LogP contribution in [-0.4, -0.2) is 27.9 Å². The monoisotopic (exact) mass is 257 g/mol. The molecule has 7 heteroatoms. The van der Waals surface area contributed by atoms with E-state index in [1.807, 2.05) is 6.07 Å². The molecule has 4 N–H and O–H groups in total. The van der Waals surface area contributed by atoms with Gasteiger partial charge in [-0.15, -0.1) is 0 Å². The normalized spacial score (nSPS) is 10.8. The van der Waals surface area contributed by atoms with Crippen molar-refractivity contribution in [2.24, 2.45) is 5.73 Å². The van der Waals surface area contributed by atoms with Gasteiger partial charge < -0.3 is 20.5 Å². The number of nitrogens with one attached hydrogen (secondary N) is 2. The van der Waals surface area contributed by atoms with E-state index in [4.69, 9.17) is 10.2 Å². The molecule has 0 saturated heterocycles. The summed E-state index contributed by atoms with van der Waals surface area (Å²) in [7, 11) is 1.79. The third-order valence-electron chi connectivity index (χ3n) is 2.82. The molecule has 0 saturated carbocycles. The van der Waals surface area contributed by atoms with Crippen LogP contribution in [0.2, 0.25) is 0 Å². The highest BCUT2D eigenvalue weighted by molar-refractivity contribution is 5.97. The second-order valence-corrected chi connectivity index (χ2v) is 3.94. The molecule has 3 aromatic rings. The van der Waals surface area contributed by atoms with Gasteiger partial charge in [0, 0.05) is 24.8 Å². The van der Waals surface area contributed by atoms with Crippen LogP contribution in [0.3, 0.4) is 0 Å². The third-order valence-corrected chi connectivity index (χ3v) is 2.82. The van der Waals surface area contributed by atoms with E-state index in [9.17, 15) is 4.79 Å². The van der Waals surface area contributed by atoms with E-state index < -0.39 is 5.91 Å². The maximum absolute atomic E-state index is 11.0. The van der Waals surface area contributed by atoms with Gasteiger partial charge >= 0.3 is 0 Å². The number of aromatic amines is 1. The van der Waals surface area contributed by atoms with Crippen LogP contribution in [0.15, 0.2) is 29.1 Å². The van der Waals surface area contributed by atoms with Gasteiger partial charge in [0.15, 0.2) is 5.69 Å². The largest absolute Gasteiger partial charge is 0.443 e. The lowest BCUT2D eigenvalue weighted by molar-refractivity contribution is 0.0995. The van der Waals surface area contributed by atoms with E-state index >= 15 is 0 Å². The van der Waals surface area contributed by atoms with Crippen molar-refractivity contribution in [2.75, 3.05) is 12.4 Å². The molecule has 0 spiro atoms. The molecule has 0 fully saturated rings. The van der Waals surface area contributed by atoms with Gasteiger partial charge in [0.05, 0.1) is 11.3 Å². The first-order valence-corrected chi connectivity index (χ1v) is 5.60. The van der Waals surface area contributed by atoms with Gasteiger partial charge in [0.1, 0.15) is 11.9 Å². The molecule has 0 atom stereocenters. The summed E-state index contributed by atoms with van der Waals surface area (Å²) in [6, 6.07) is 1.90. The minimum Gasteiger partial charge on any atom is -0.443 e. The predicted molar refractivity (Wildman–Crippen MR) is 69.7 cm³/mol. The second kappa shape index (κ2) is 4.13. The number of oxazole rings is 1. The van der Waals surface area contributed by atoms with Gasteiger partial charge in [0.2, 0.25) is 5.89 Å². The molecule has 0 aliphatic rings. The number of nitrogens with two attached hydrogens (primary N) is 1. The van der Waals surface area contributed by atoms with Crippen molar-refractivity contribution in [3.63, 3.8) is 0 Å². The van der Waals surface area contributed by atoms with Crippen molar-refractivity contribution in [3.8, 4) is 11.5 Å². The zero-order chi connectivity index (χ0) is 13.4. The molecule has 19 heavy (non-hydrogen) atoms. The van der Waals surface area contributed by atoms with Crippen molar-refractivity contribution in [1.82, 2.24) is 15.0 Å². The van der Waals surface area contributed by atoms with Crippen LogP contribution < -0.4 is 11.1 Å². The van der Waals surface area contributed by atoms with E-state index in [2.05, 4.69) is 20.3 Å².